The van der Waals surface area contributed by atoms with E-state index in [1.54, 1.807) is 6.07 Å². The molecule has 1 unspecified atom stereocenters. The Balaban J connectivity index is 1.79. The number of hydrogen-bond acceptors (Lipinski definition) is 2. The highest BCUT2D eigenvalue weighted by atomic mass is 19.1. The Hall–Kier alpha value is -1.42. The van der Waals surface area contributed by atoms with Crippen LogP contribution >= 0.6 is 0 Å². The van der Waals surface area contributed by atoms with Crippen LogP contribution < -0.4 is 5.32 Å². The molecule has 2 N–H and O–H groups in total. The van der Waals surface area contributed by atoms with Crippen LogP contribution in [0.5, 0.6) is 0 Å². The highest BCUT2D eigenvalue weighted by Crippen LogP contribution is 2.24. The second kappa shape index (κ2) is 7.55. The third-order valence-electron chi connectivity index (χ3n) is 4.38. The van der Waals surface area contributed by atoms with Crippen LogP contribution in [0.3, 0.4) is 0 Å². The van der Waals surface area contributed by atoms with Gasteiger partial charge in [-0.1, -0.05) is 19.1 Å². The summed E-state index contributed by atoms with van der Waals surface area (Å²) in [7, 11) is 0. The van der Waals surface area contributed by atoms with Crippen LogP contribution in [0.4, 0.5) is 4.39 Å². The zero-order chi connectivity index (χ0) is 15.2. The number of benzene rings is 1. The van der Waals surface area contributed by atoms with Gasteiger partial charge in [-0.25, -0.2) is 4.39 Å². The number of rotatable bonds is 5. The van der Waals surface area contributed by atoms with Gasteiger partial charge < -0.3 is 10.4 Å². The van der Waals surface area contributed by atoms with Crippen molar-refractivity contribution in [3.05, 3.63) is 35.6 Å². The molecule has 4 heteroatoms. The SMILES string of the molecule is CC(CC(=O)NC1CCC(CO)CC1)c1cccc(F)c1. The van der Waals surface area contributed by atoms with E-state index >= 15 is 0 Å². The molecule has 1 aromatic carbocycles. The van der Waals surface area contributed by atoms with Crippen molar-refractivity contribution in [2.45, 2.75) is 51.0 Å². The molecule has 1 aliphatic rings. The number of nitrogens with one attached hydrogen (secondary N) is 1. The monoisotopic (exact) mass is 293 g/mol. The predicted octanol–water partition coefficient (Wildman–Crippen LogP) is 2.99. The Bertz CT molecular complexity index is 470. The Morgan fingerprint density at radius 1 is 1.38 bits per heavy atom. The van der Waals surface area contributed by atoms with Crippen LogP contribution in [-0.4, -0.2) is 23.7 Å². The lowest BCUT2D eigenvalue weighted by atomic mass is 9.86. The number of carbonyl (C=O) groups excluding carboxylic acids is 1. The van der Waals surface area contributed by atoms with E-state index in [0.717, 1.165) is 31.2 Å². The van der Waals surface area contributed by atoms with Gasteiger partial charge in [0.25, 0.3) is 0 Å². The van der Waals surface area contributed by atoms with Crippen LogP contribution in [0.15, 0.2) is 24.3 Å². The molecule has 1 aliphatic carbocycles. The first-order chi connectivity index (χ1) is 10.1. The van der Waals surface area contributed by atoms with Crippen LogP contribution in [0.2, 0.25) is 0 Å². The average molecular weight is 293 g/mol. The first-order valence-electron chi connectivity index (χ1n) is 7.74. The average Bonchev–Trinajstić information content (AvgIpc) is 2.48. The minimum atomic E-state index is -0.262. The van der Waals surface area contributed by atoms with Crippen molar-refractivity contribution in [3.63, 3.8) is 0 Å². The molecule has 0 radical (unpaired) electrons. The van der Waals surface area contributed by atoms with Gasteiger partial charge in [-0.2, -0.15) is 0 Å². The van der Waals surface area contributed by atoms with Crippen molar-refractivity contribution in [2.24, 2.45) is 5.92 Å². The Labute approximate surface area is 125 Å². The number of carbonyl (C=O) groups is 1. The minimum absolute atomic E-state index is 0.00878. The molecule has 1 saturated carbocycles. The van der Waals surface area contributed by atoms with Crippen molar-refractivity contribution < 1.29 is 14.3 Å². The first-order valence-corrected chi connectivity index (χ1v) is 7.74. The second-order valence-corrected chi connectivity index (χ2v) is 6.13. The van der Waals surface area contributed by atoms with E-state index in [2.05, 4.69) is 5.32 Å². The molecule has 2 rings (SSSR count). The summed E-state index contributed by atoms with van der Waals surface area (Å²) in [4.78, 5) is 12.1. The maximum Gasteiger partial charge on any atom is 0.220 e. The maximum absolute atomic E-state index is 13.2. The van der Waals surface area contributed by atoms with Gasteiger partial charge in [-0.3, -0.25) is 4.79 Å². The third kappa shape index (κ3) is 4.81. The van der Waals surface area contributed by atoms with E-state index in [-0.39, 0.29) is 30.3 Å². The Morgan fingerprint density at radius 2 is 2.10 bits per heavy atom. The fraction of sp³-hybridized carbons (Fsp3) is 0.588. The summed E-state index contributed by atoms with van der Waals surface area (Å²) < 4.78 is 13.2. The fourth-order valence-electron chi connectivity index (χ4n) is 2.99. The summed E-state index contributed by atoms with van der Waals surface area (Å²) >= 11 is 0. The van der Waals surface area contributed by atoms with Gasteiger partial charge in [-0.05, 0) is 55.2 Å². The largest absolute Gasteiger partial charge is 0.396 e. The molecule has 0 bridgehead atoms. The van der Waals surface area contributed by atoms with Crippen molar-refractivity contribution >= 4 is 5.91 Å². The van der Waals surface area contributed by atoms with Gasteiger partial charge in [0, 0.05) is 19.1 Å². The summed E-state index contributed by atoms with van der Waals surface area (Å²) in [5.41, 5.74) is 0.856. The summed E-state index contributed by atoms with van der Waals surface area (Å²) in [6.45, 7) is 2.19. The quantitative estimate of drug-likeness (QED) is 0.877. The van der Waals surface area contributed by atoms with E-state index < -0.39 is 0 Å². The Morgan fingerprint density at radius 3 is 2.71 bits per heavy atom. The topological polar surface area (TPSA) is 49.3 Å². The number of hydrogen-bond donors (Lipinski definition) is 2. The van der Waals surface area contributed by atoms with Crippen molar-refractivity contribution in [1.29, 1.82) is 0 Å². The molecule has 3 nitrogen and oxygen atoms in total. The minimum Gasteiger partial charge on any atom is -0.396 e. The zero-order valence-corrected chi connectivity index (χ0v) is 12.5. The van der Waals surface area contributed by atoms with Crippen molar-refractivity contribution in [3.8, 4) is 0 Å². The number of amides is 1. The standard InChI is InChI=1S/C17H24FNO2/c1-12(14-3-2-4-15(18)10-14)9-17(21)19-16-7-5-13(11-20)6-8-16/h2-4,10,12-13,16,20H,5-9,11H2,1H3,(H,19,21). The van der Waals surface area contributed by atoms with Crippen LogP contribution in [-0.2, 0) is 4.79 Å². The smallest absolute Gasteiger partial charge is 0.220 e. The molecule has 0 aliphatic heterocycles. The van der Waals surface area contributed by atoms with Gasteiger partial charge in [0.15, 0.2) is 0 Å². The van der Waals surface area contributed by atoms with E-state index in [1.807, 2.05) is 13.0 Å². The number of halogens is 1. The lowest BCUT2D eigenvalue weighted by Gasteiger charge is -2.28. The number of aliphatic hydroxyl groups is 1. The highest BCUT2D eigenvalue weighted by Gasteiger charge is 2.22. The summed E-state index contributed by atoms with van der Waals surface area (Å²) in [5.74, 6) is 0.167. The molecule has 1 fully saturated rings. The molecular weight excluding hydrogens is 269 g/mol. The molecular formula is C17H24FNO2. The van der Waals surface area contributed by atoms with Gasteiger partial charge >= 0.3 is 0 Å². The molecule has 1 atom stereocenters. The Kier molecular flexibility index (Phi) is 5.74. The molecule has 1 amide bonds. The molecule has 1 aromatic rings. The predicted molar refractivity (Wildman–Crippen MR) is 80.4 cm³/mol. The van der Waals surface area contributed by atoms with Crippen molar-refractivity contribution in [2.75, 3.05) is 6.61 Å². The summed E-state index contributed by atoms with van der Waals surface area (Å²) in [6.07, 6.45) is 4.20. The lowest BCUT2D eigenvalue weighted by molar-refractivity contribution is -0.122. The zero-order valence-electron chi connectivity index (χ0n) is 12.5. The van der Waals surface area contributed by atoms with Gasteiger partial charge in [0.1, 0.15) is 5.82 Å². The molecule has 21 heavy (non-hydrogen) atoms. The van der Waals surface area contributed by atoms with Gasteiger partial charge in [0.05, 0.1) is 0 Å². The van der Waals surface area contributed by atoms with Crippen LogP contribution in [0.25, 0.3) is 0 Å². The van der Waals surface area contributed by atoms with E-state index in [0.29, 0.717) is 12.3 Å². The van der Waals surface area contributed by atoms with Gasteiger partial charge in [0.2, 0.25) is 5.91 Å². The van der Waals surface area contributed by atoms with E-state index in [4.69, 9.17) is 5.11 Å². The van der Waals surface area contributed by atoms with E-state index in [9.17, 15) is 9.18 Å². The second-order valence-electron chi connectivity index (χ2n) is 6.13. The molecule has 116 valence electrons. The highest BCUT2D eigenvalue weighted by molar-refractivity contribution is 5.77. The first kappa shape index (κ1) is 16.0. The fourth-order valence-corrected chi connectivity index (χ4v) is 2.99. The normalized spacial score (nSPS) is 23.6. The van der Waals surface area contributed by atoms with Crippen LogP contribution in [0, 0.1) is 11.7 Å². The van der Waals surface area contributed by atoms with Crippen molar-refractivity contribution in [1.82, 2.24) is 5.32 Å². The molecule has 0 aromatic heterocycles. The summed E-state index contributed by atoms with van der Waals surface area (Å²) in [5, 5.41) is 12.2. The number of aliphatic hydroxyl groups excluding tert-OH is 1. The molecule has 0 heterocycles. The lowest BCUT2D eigenvalue weighted by Crippen LogP contribution is -2.38. The molecule has 0 spiro atoms. The van der Waals surface area contributed by atoms with Crippen LogP contribution in [0.1, 0.15) is 50.5 Å². The summed E-state index contributed by atoms with van der Waals surface area (Å²) in [6, 6.07) is 6.66. The molecule has 0 saturated heterocycles. The van der Waals surface area contributed by atoms with E-state index in [1.165, 1.54) is 12.1 Å². The van der Waals surface area contributed by atoms with Gasteiger partial charge in [-0.15, -0.1) is 0 Å². The maximum atomic E-state index is 13.2. The third-order valence-corrected chi connectivity index (χ3v) is 4.38.